The molecule has 0 saturated carbocycles. The second kappa shape index (κ2) is 2.51. The number of hydrogen-bond acceptors (Lipinski definition) is 2. The summed E-state index contributed by atoms with van der Waals surface area (Å²) < 4.78 is 0. The monoisotopic (exact) mass is 80.1 g/mol. The molecule has 0 unspecified atom stereocenters. The summed E-state index contributed by atoms with van der Waals surface area (Å²) in [4.78, 5) is 0. The van der Waals surface area contributed by atoms with Crippen LogP contribution in [0.4, 0.5) is 0 Å². The molecule has 0 bridgehead atoms. The molecule has 0 aliphatic carbocycles. The fraction of sp³-hybridized carbons (Fsp3) is 0. The molecule has 2 nitrogen and oxygen atoms in total. The van der Waals surface area contributed by atoms with Gasteiger partial charge in [0.25, 0.3) is 0 Å². The van der Waals surface area contributed by atoms with E-state index in [9.17, 15) is 0 Å². The van der Waals surface area contributed by atoms with Crippen LogP contribution in [-0.2, 0) is 0 Å². The maximum Gasteiger partial charge on any atom is 0.117 e. The summed E-state index contributed by atoms with van der Waals surface area (Å²) in [5.74, 6) is 0. The molecule has 0 atom stereocenters. The number of nitrogens with two attached hydrogens (primary N) is 1. The normalized spacial score (nSPS) is 11.0. The Labute approximate surface area is 38.0 Å². The lowest BCUT2D eigenvalue weighted by Gasteiger charge is -1.77. The molecule has 2 radical (unpaired) electrons. The summed E-state index contributed by atoms with van der Waals surface area (Å²) >= 11 is 0. The molecular weight excluding hydrogens is 74.9 g/mol. The molecule has 0 aliphatic rings. The number of rotatable bonds is 1. The third-order valence-corrected chi connectivity index (χ3v) is 0.359. The minimum Gasteiger partial charge on any atom is -0.405 e. The summed E-state index contributed by atoms with van der Waals surface area (Å²) in [6.45, 7) is 0. The van der Waals surface area contributed by atoms with Gasteiger partial charge in [0, 0.05) is 6.21 Å². The second-order valence-corrected chi connectivity index (χ2v) is 0.811. The van der Waals surface area contributed by atoms with Gasteiger partial charge < -0.3 is 11.1 Å². The zero-order valence-corrected chi connectivity index (χ0v) is 3.31. The van der Waals surface area contributed by atoms with E-state index >= 15 is 0 Å². The van der Waals surface area contributed by atoms with Crippen molar-refractivity contribution in [2.24, 2.45) is 5.73 Å². The van der Waals surface area contributed by atoms with Gasteiger partial charge >= 0.3 is 0 Å². The van der Waals surface area contributed by atoms with Crippen LogP contribution in [0.15, 0.2) is 11.7 Å². The van der Waals surface area contributed by atoms with Gasteiger partial charge in [0.2, 0.25) is 0 Å². The molecule has 3 heteroatoms. The highest BCUT2D eigenvalue weighted by Gasteiger charge is 1.69. The van der Waals surface area contributed by atoms with E-state index in [-0.39, 0.29) is 5.47 Å². The first-order chi connectivity index (χ1) is 2.81. The predicted octanol–water partition coefficient (Wildman–Crippen LogP) is -0.395. The average Bonchev–Trinajstić information content (AvgIpc) is 1.65. The highest BCUT2D eigenvalue weighted by atomic mass is 14.5. The first-order valence-corrected chi connectivity index (χ1v) is 1.49. The summed E-state index contributed by atoms with van der Waals surface area (Å²) in [6.07, 6.45) is 2.16. The standard InChI is InChI=1S/C3H5BN2/c4-3(1-5)2-6/h1-2,5H,6H2/b3-2+,5-1?. The maximum absolute atomic E-state index is 6.41. The van der Waals surface area contributed by atoms with Gasteiger partial charge in [-0.05, 0) is 6.20 Å². The molecule has 0 saturated heterocycles. The van der Waals surface area contributed by atoms with E-state index < -0.39 is 0 Å². The average molecular weight is 79.9 g/mol. The Kier molecular flexibility index (Phi) is 2.21. The summed E-state index contributed by atoms with van der Waals surface area (Å²) in [6, 6.07) is 0. The fourth-order valence-corrected chi connectivity index (χ4v) is 0.0481. The van der Waals surface area contributed by atoms with Crippen molar-refractivity contribution >= 4 is 14.1 Å². The molecule has 30 valence electrons. The Morgan fingerprint density at radius 1 is 1.83 bits per heavy atom. The topological polar surface area (TPSA) is 49.9 Å². The third-order valence-electron chi connectivity index (χ3n) is 0.359. The third kappa shape index (κ3) is 1.58. The molecule has 0 aromatic rings. The zero-order chi connectivity index (χ0) is 4.99. The van der Waals surface area contributed by atoms with E-state index in [2.05, 4.69) is 0 Å². The Morgan fingerprint density at radius 2 is 2.33 bits per heavy atom. The van der Waals surface area contributed by atoms with Crippen molar-refractivity contribution in [3.63, 3.8) is 0 Å². The van der Waals surface area contributed by atoms with Crippen molar-refractivity contribution in [2.75, 3.05) is 0 Å². The number of hydrogen-bond donors (Lipinski definition) is 2. The lowest BCUT2D eigenvalue weighted by molar-refractivity contribution is 1.54. The summed E-state index contributed by atoms with van der Waals surface area (Å²) in [7, 11) is 4.97. The quantitative estimate of drug-likeness (QED) is 0.327. The van der Waals surface area contributed by atoms with Gasteiger partial charge in [-0.25, -0.2) is 0 Å². The molecule has 6 heavy (non-hydrogen) atoms. The van der Waals surface area contributed by atoms with Crippen molar-refractivity contribution in [1.29, 1.82) is 5.41 Å². The number of nitrogens with one attached hydrogen (secondary N) is 1. The molecule has 0 aromatic heterocycles. The van der Waals surface area contributed by atoms with Crippen LogP contribution < -0.4 is 5.73 Å². The smallest absolute Gasteiger partial charge is 0.117 e. The van der Waals surface area contributed by atoms with Crippen LogP contribution in [0.5, 0.6) is 0 Å². The van der Waals surface area contributed by atoms with Crippen LogP contribution in [0.25, 0.3) is 0 Å². The molecule has 0 spiro atoms. The molecular formula is C3H5BN2. The molecule has 0 aliphatic heterocycles. The Morgan fingerprint density at radius 3 is 2.33 bits per heavy atom. The van der Waals surface area contributed by atoms with Crippen LogP contribution in [-0.4, -0.2) is 14.1 Å². The van der Waals surface area contributed by atoms with Gasteiger partial charge in [0.1, 0.15) is 7.85 Å². The van der Waals surface area contributed by atoms with E-state index in [4.69, 9.17) is 19.0 Å². The van der Waals surface area contributed by atoms with E-state index in [0.717, 1.165) is 6.21 Å². The predicted molar refractivity (Wildman–Crippen MR) is 26.8 cm³/mol. The second-order valence-electron chi connectivity index (χ2n) is 0.811. The van der Waals surface area contributed by atoms with Gasteiger partial charge in [-0.1, -0.05) is 5.47 Å². The molecule has 0 rings (SSSR count). The van der Waals surface area contributed by atoms with Crippen LogP contribution in [0.3, 0.4) is 0 Å². The van der Waals surface area contributed by atoms with Crippen molar-refractivity contribution in [3.8, 4) is 0 Å². The van der Waals surface area contributed by atoms with Gasteiger partial charge in [-0.15, -0.1) is 0 Å². The van der Waals surface area contributed by atoms with Gasteiger partial charge in [0.15, 0.2) is 0 Å². The highest BCUT2D eigenvalue weighted by Crippen LogP contribution is 1.68. The van der Waals surface area contributed by atoms with Gasteiger partial charge in [-0.2, -0.15) is 0 Å². The SMILES string of the molecule is [B]/C(C=N)=C/N. The Hall–Kier alpha value is -0.725. The van der Waals surface area contributed by atoms with E-state index in [0.29, 0.717) is 0 Å². The first kappa shape index (κ1) is 5.27. The van der Waals surface area contributed by atoms with E-state index in [1.54, 1.807) is 0 Å². The first-order valence-electron chi connectivity index (χ1n) is 1.49. The van der Waals surface area contributed by atoms with Crippen molar-refractivity contribution in [1.82, 2.24) is 0 Å². The summed E-state index contributed by atoms with van der Waals surface area (Å²) in [5.41, 5.74) is 5.13. The Bertz CT molecular complexity index is 76.9. The number of allylic oxidation sites excluding steroid dienone is 1. The molecule has 0 heterocycles. The lowest BCUT2D eigenvalue weighted by atomic mass is 9.99. The highest BCUT2D eigenvalue weighted by molar-refractivity contribution is 6.32. The van der Waals surface area contributed by atoms with E-state index in [1.165, 1.54) is 6.20 Å². The minimum atomic E-state index is 0.287. The van der Waals surface area contributed by atoms with Crippen molar-refractivity contribution in [2.45, 2.75) is 0 Å². The van der Waals surface area contributed by atoms with Crippen molar-refractivity contribution < 1.29 is 0 Å². The van der Waals surface area contributed by atoms with Crippen LogP contribution in [0.2, 0.25) is 0 Å². The largest absolute Gasteiger partial charge is 0.405 e. The zero-order valence-electron chi connectivity index (χ0n) is 3.31. The van der Waals surface area contributed by atoms with E-state index in [1.807, 2.05) is 0 Å². The van der Waals surface area contributed by atoms with Gasteiger partial charge in [-0.3, -0.25) is 0 Å². The maximum atomic E-state index is 6.41. The minimum absolute atomic E-state index is 0.287. The molecule has 0 amide bonds. The van der Waals surface area contributed by atoms with Gasteiger partial charge in [0.05, 0.1) is 0 Å². The molecule has 3 N–H and O–H groups in total. The fourth-order valence-electron chi connectivity index (χ4n) is 0.0481. The lowest BCUT2D eigenvalue weighted by Crippen LogP contribution is -1.86. The van der Waals surface area contributed by atoms with Crippen LogP contribution in [0, 0.1) is 5.41 Å². The molecule has 0 fully saturated rings. The van der Waals surface area contributed by atoms with Crippen LogP contribution >= 0.6 is 0 Å². The Balaban J connectivity index is 3.50. The van der Waals surface area contributed by atoms with Crippen molar-refractivity contribution in [3.05, 3.63) is 11.7 Å². The summed E-state index contributed by atoms with van der Waals surface area (Å²) in [5, 5.41) is 6.41. The van der Waals surface area contributed by atoms with Crippen LogP contribution in [0.1, 0.15) is 0 Å². The molecule has 0 aromatic carbocycles.